The number of benzene rings is 1. The molecule has 98 valence electrons. The molecule has 0 aromatic heterocycles. The van der Waals surface area contributed by atoms with E-state index in [2.05, 4.69) is 10.6 Å². The van der Waals surface area contributed by atoms with E-state index in [0.717, 1.165) is 5.56 Å². The van der Waals surface area contributed by atoms with E-state index in [1.54, 1.807) is 30.3 Å². The summed E-state index contributed by atoms with van der Waals surface area (Å²) in [6.45, 7) is -0.390. The van der Waals surface area contributed by atoms with Crippen molar-refractivity contribution in [2.45, 2.75) is 0 Å². The van der Waals surface area contributed by atoms with E-state index < -0.39 is 12.6 Å². The SMILES string of the molecule is O=C(O)COc1ccc(C=C2NC(=S)NC2=O)cc1. The maximum absolute atomic E-state index is 11.4. The Kier molecular flexibility index (Phi) is 3.76. The second-order valence-corrected chi connectivity index (χ2v) is 4.13. The Morgan fingerprint density at radius 1 is 1.32 bits per heavy atom. The van der Waals surface area contributed by atoms with Crippen molar-refractivity contribution in [3.05, 3.63) is 35.5 Å². The number of rotatable bonds is 4. The summed E-state index contributed by atoms with van der Waals surface area (Å²) < 4.78 is 4.99. The molecule has 1 aromatic carbocycles. The van der Waals surface area contributed by atoms with E-state index in [-0.39, 0.29) is 11.0 Å². The molecule has 7 heteroatoms. The standard InChI is InChI=1S/C12H10N2O4S/c15-10(16)6-18-8-3-1-7(2-4-8)5-9-11(17)14-12(19)13-9/h1-5H,6H2,(H,15,16)(H2,13,14,17,19). The number of hydrogen-bond donors (Lipinski definition) is 3. The molecule has 0 aliphatic carbocycles. The van der Waals surface area contributed by atoms with Crippen LogP contribution in [0.3, 0.4) is 0 Å². The van der Waals surface area contributed by atoms with Gasteiger partial charge in [-0.1, -0.05) is 12.1 Å². The second-order valence-electron chi connectivity index (χ2n) is 3.72. The highest BCUT2D eigenvalue weighted by Crippen LogP contribution is 2.14. The van der Waals surface area contributed by atoms with Crippen LogP contribution < -0.4 is 15.4 Å². The molecule has 1 fully saturated rings. The summed E-state index contributed by atoms with van der Waals surface area (Å²) in [7, 11) is 0. The highest BCUT2D eigenvalue weighted by Gasteiger charge is 2.19. The van der Waals surface area contributed by atoms with Gasteiger partial charge in [-0.25, -0.2) is 4.79 Å². The third-order valence-corrected chi connectivity index (χ3v) is 2.48. The number of nitrogens with one attached hydrogen (secondary N) is 2. The molecule has 2 rings (SSSR count). The lowest BCUT2D eigenvalue weighted by Crippen LogP contribution is -2.21. The van der Waals surface area contributed by atoms with Crippen LogP contribution in [0, 0.1) is 0 Å². The molecule has 1 heterocycles. The number of carbonyl (C=O) groups excluding carboxylic acids is 1. The first-order valence-electron chi connectivity index (χ1n) is 5.33. The molecule has 1 aliphatic rings. The van der Waals surface area contributed by atoms with Crippen LogP contribution in [0.2, 0.25) is 0 Å². The van der Waals surface area contributed by atoms with Gasteiger partial charge in [-0.3, -0.25) is 10.1 Å². The number of ether oxygens (including phenoxy) is 1. The van der Waals surface area contributed by atoms with Crippen LogP contribution in [0.1, 0.15) is 5.56 Å². The molecule has 0 unspecified atom stereocenters. The van der Waals surface area contributed by atoms with E-state index in [9.17, 15) is 9.59 Å². The summed E-state index contributed by atoms with van der Waals surface area (Å²) in [6, 6.07) is 6.67. The second kappa shape index (κ2) is 5.49. The van der Waals surface area contributed by atoms with Crippen molar-refractivity contribution in [2.24, 2.45) is 0 Å². The molecule has 1 aliphatic heterocycles. The van der Waals surface area contributed by atoms with Crippen molar-refractivity contribution in [3.63, 3.8) is 0 Å². The van der Waals surface area contributed by atoms with Gasteiger partial charge in [-0.2, -0.15) is 0 Å². The topological polar surface area (TPSA) is 87.7 Å². The van der Waals surface area contributed by atoms with Gasteiger partial charge in [0.2, 0.25) is 0 Å². The molecule has 0 bridgehead atoms. The quantitative estimate of drug-likeness (QED) is 0.549. The van der Waals surface area contributed by atoms with Crippen molar-refractivity contribution in [3.8, 4) is 5.75 Å². The van der Waals surface area contributed by atoms with Gasteiger partial charge in [-0.15, -0.1) is 0 Å². The Labute approximate surface area is 114 Å². The fraction of sp³-hybridized carbons (Fsp3) is 0.0833. The summed E-state index contributed by atoms with van der Waals surface area (Å²) >= 11 is 4.81. The Balaban J connectivity index is 2.06. The average molecular weight is 278 g/mol. The van der Waals surface area contributed by atoms with Crippen LogP contribution in [0.5, 0.6) is 5.75 Å². The molecule has 6 nitrogen and oxygen atoms in total. The summed E-state index contributed by atoms with van der Waals surface area (Å²) in [5, 5.41) is 13.9. The first-order valence-corrected chi connectivity index (χ1v) is 5.74. The molecule has 19 heavy (non-hydrogen) atoms. The Morgan fingerprint density at radius 2 is 2.00 bits per heavy atom. The minimum Gasteiger partial charge on any atom is -0.482 e. The zero-order chi connectivity index (χ0) is 13.8. The molecule has 1 saturated heterocycles. The number of hydrogen-bond acceptors (Lipinski definition) is 4. The van der Waals surface area contributed by atoms with E-state index in [0.29, 0.717) is 11.4 Å². The minimum atomic E-state index is -1.04. The highest BCUT2D eigenvalue weighted by atomic mass is 32.1. The third-order valence-electron chi connectivity index (χ3n) is 2.27. The summed E-state index contributed by atoms with van der Waals surface area (Å²) in [4.78, 5) is 21.8. The van der Waals surface area contributed by atoms with Crippen molar-refractivity contribution in [1.82, 2.24) is 10.6 Å². The molecule has 1 aromatic rings. The summed E-state index contributed by atoms with van der Waals surface area (Å²) in [6.07, 6.45) is 1.63. The van der Waals surface area contributed by atoms with E-state index in [1.807, 2.05) is 0 Å². The van der Waals surface area contributed by atoms with Gasteiger partial charge in [0.1, 0.15) is 11.4 Å². The van der Waals surface area contributed by atoms with Crippen LogP contribution >= 0.6 is 12.2 Å². The van der Waals surface area contributed by atoms with Crippen molar-refractivity contribution >= 4 is 35.3 Å². The van der Waals surface area contributed by atoms with Crippen LogP contribution in [0.25, 0.3) is 6.08 Å². The maximum atomic E-state index is 11.4. The lowest BCUT2D eigenvalue weighted by molar-refractivity contribution is -0.139. The largest absolute Gasteiger partial charge is 0.482 e. The van der Waals surface area contributed by atoms with Crippen LogP contribution in [-0.4, -0.2) is 28.7 Å². The normalized spacial score (nSPS) is 16.1. The van der Waals surface area contributed by atoms with Gasteiger partial charge in [-0.05, 0) is 36.0 Å². The van der Waals surface area contributed by atoms with Gasteiger partial charge < -0.3 is 15.2 Å². The van der Waals surface area contributed by atoms with Crippen molar-refractivity contribution in [1.29, 1.82) is 0 Å². The Bertz CT molecular complexity index is 566. The summed E-state index contributed by atoms with van der Waals surface area (Å²) in [5.41, 5.74) is 1.13. The van der Waals surface area contributed by atoms with Crippen LogP contribution in [0.15, 0.2) is 30.0 Å². The minimum absolute atomic E-state index is 0.276. The molecular weight excluding hydrogens is 268 g/mol. The molecular formula is C12H10N2O4S. The third kappa shape index (κ3) is 3.52. The number of amides is 1. The van der Waals surface area contributed by atoms with Gasteiger partial charge >= 0.3 is 5.97 Å². The molecule has 1 amide bonds. The molecule has 0 atom stereocenters. The van der Waals surface area contributed by atoms with Crippen molar-refractivity contribution in [2.75, 3.05) is 6.61 Å². The number of carbonyl (C=O) groups is 2. The maximum Gasteiger partial charge on any atom is 0.341 e. The Hall–Kier alpha value is -2.41. The van der Waals surface area contributed by atoms with Crippen LogP contribution in [-0.2, 0) is 9.59 Å². The number of carboxylic acid groups (broad SMARTS) is 1. The van der Waals surface area contributed by atoms with E-state index in [4.69, 9.17) is 22.1 Å². The summed E-state index contributed by atoms with van der Waals surface area (Å²) in [5.74, 6) is -0.869. The zero-order valence-electron chi connectivity index (χ0n) is 9.67. The zero-order valence-corrected chi connectivity index (χ0v) is 10.5. The average Bonchev–Trinajstić information content (AvgIpc) is 2.67. The fourth-order valence-electron chi connectivity index (χ4n) is 1.45. The first kappa shape index (κ1) is 13.0. The number of carboxylic acids is 1. The molecule has 3 N–H and O–H groups in total. The fourth-order valence-corrected chi connectivity index (χ4v) is 1.66. The molecule has 0 saturated carbocycles. The monoisotopic (exact) mass is 278 g/mol. The smallest absolute Gasteiger partial charge is 0.341 e. The predicted molar refractivity (Wildman–Crippen MR) is 71.4 cm³/mol. The number of thiocarbonyl (C=S) groups is 1. The van der Waals surface area contributed by atoms with Gasteiger partial charge in [0.05, 0.1) is 0 Å². The van der Waals surface area contributed by atoms with Crippen molar-refractivity contribution < 1.29 is 19.4 Å². The van der Waals surface area contributed by atoms with Gasteiger partial charge in [0.25, 0.3) is 5.91 Å². The van der Waals surface area contributed by atoms with Crippen LogP contribution in [0.4, 0.5) is 0 Å². The van der Waals surface area contributed by atoms with Gasteiger partial charge in [0.15, 0.2) is 11.7 Å². The number of aliphatic carboxylic acids is 1. The lowest BCUT2D eigenvalue weighted by atomic mass is 10.2. The van der Waals surface area contributed by atoms with E-state index in [1.165, 1.54) is 0 Å². The highest BCUT2D eigenvalue weighted by molar-refractivity contribution is 7.80. The lowest BCUT2D eigenvalue weighted by Gasteiger charge is -2.03. The van der Waals surface area contributed by atoms with Gasteiger partial charge in [0, 0.05) is 0 Å². The van der Waals surface area contributed by atoms with E-state index >= 15 is 0 Å². The molecule has 0 spiro atoms. The molecule has 0 radical (unpaired) electrons. The predicted octanol–water partition coefficient (Wildman–Crippen LogP) is 0.495. The Morgan fingerprint density at radius 3 is 2.53 bits per heavy atom. The first-order chi connectivity index (χ1) is 9.04.